The third-order valence-electron chi connectivity index (χ3n) is 3.84. The van der Waals surface area contributed by atoms with Crippen LogP contribution in [0.2, 0.25) is 0 Å². The van der Waals surface area contributed by atoms with Crippen molar-refractivity contribution in [2.75, 3.05) is 11.4 Å². The largest absolute Gasteiger partial charge is 0.323 e. The van der Waals surface area contributed by atoms with Gasteiger partial charge in [-0.25, -0.2) is 4.98 Å². The maximum atomic E-state index is 6.22. The van der Waals surface area contributed by atoms with Crippen molar-refractivity contribution >= 4 is 22.2 Å². The second-order valence-corrected chi connectivity index (χ2v) is 6.40. The zero-order valence-corrected chi connectivity index (χ0v) is 12.9. The molecule has 1 atom stereocenters. The molecular weight excluding hydrogens is 266 g/mol. The number of thiazole rings is 1. The molecule has 1 heterocycles. The Morgan fingerprint density at radius 2 is 2.30 bits per heavy atom. The normalized spacial score (nSPS) is 17.9. The van der Waals surface area contributed by atoms with Crippen LogP contribution in [0.5, 0.6) is 0 Å². The van der Waals surface area contributed by atoms with Crippen LogP contribution in [0.3, 0.4) is 0 Å². The fourth-order valence-corrected chi connectivity index (χ4v) is 4.01. The van der Waals surface area contributed by atoms with Crippen LogP contribution in [0.1, 0.15) is 41.9 Å². The summed E-state index contributed by atoms with van der Waals surface area (Å²) in [6.45, 7) is 5.22. The molecule has 1 unspecified atom stereocenters. The van der Waals surface area contributed by atoms with Crippen molar-refractivity contribution in [3.8, 4) is 0 Å². The number of rotatable bonds is 3. The molecule has 1 aromatic carbocycles. The number of nitrogens with two attached hydrogens (primary N) is 1. The topological polar surface area (TPSA) is 42.2 Å². The minimum Gasteiger partial charge on any atom is -0.323 e. The molecule has 0 fully saturated rings. The molecule has 0 bridgehead atoms. The van der Waals surface area contributed by atoms with Gasteiger partial charge in [0.05, 0.1) is 5.69 Å². The zero-order valence-electron chi connectivity index (χ0n) is 12.1. The smallest absolute Gasteiger partial charge is 0.190 e. The number of aromatic nitrogens is 1. The summed E-state index contributed by atoms with van der Waals surface area (Å²) in [5.74, 6) is 0. The first-order valence-electron chi connectivity index (χ1n) is 7.28. The van der Waals surface area contributed by atoms with E-state index in [-0.39, 0.29) is 6.04 Å². The Morgan fingerprint density at radius 1 is 1.45 bits per heavy atom. The highest BCUT2D eigenvalue weighted by atomic mass is 32.1. The average Bonchev–Trinajstić information content (AvgIpc) is 2.85. The van der Waals surface area contributed by atoms with Gasteiger partial charge in [-0.3, -0.25) is 0 Å². The molecule has 0 saturated carbocycles. The average molecular weight is 287 g/mol. The summed E-state index contributed by atoms with van der Waals surface area (Å²) in [6.07, 6.45) is 3.32. The molecule has 0 spiro atoms. The van der Waals surface area contributed by atoms with Crippen LogP contribution in [0.4, 0.5) is 10.8 Å². The van der Waals surface area contributed by atoms with Gasteiger partial charge in [-0.1, -0.05) is 23.5 Å². The van der Waals surface area contributed by atoms with Gasteiger partial charge in [0.1, 0.15) is 0 Å². The lowest BCUT2D eigenvalue weighted by molar-refractivity contribution is 0.573. The molecule has 4 heteroatoms. The fraction of sp³-hybridized carbons (Fsp3) is 0.438. The Balaban J connectivity index is 1.98. The van der Waals surface area contributed by atoms with Crippen molar-refractivity contribution in [2.45, 2.75) is 39.2 Å². The van der Waals surface area contributed by atoms with Crippen LogP contribution in [-0.2, 0) is 6.42 Å². The molecule has 2 N–H and O–H groups in total. The van der Waals surface area contributed by atoms with Crippen LogP contribution in [-0.4, -0.2) is 11.5 Å². The predicted octanol–water partition coefficient (Wildman–Crippen LogP) is 3.95. The third-order valence-corrected chi connectivity index (χ3v) is 5.09. The zero-order chi connectivity index (χ0) is 14.1. The molecule has 1 aromatic heterocycles. The molecule has 20 heavy (non-hydrogen) atoms. The molecule has 3 nitrogen and oxygen atoms in total. The lowest BCUT2D eigenvalue weighted by Crippen LogP contribution is -2.16. The van der Waals surface area contributed by atoms with E-state index in [1.165, 1.54) is 21.8 Å². The molecule has 1 aliphatic rings. The number of hydrogen-bond donors (Lipinski definition) is 1. The van der Waals surface area contributed by atoms with Gasteiger partial charge >= 0.3 is 0 Å². The van der Waals surface area contributed by atoms with E-state index >= 15 is 0 Å². The molecule has 1 aliphatic carbocycles. The highest BCUT2D eigenvalue weighted by Crippen LogP contribution is 2.38. The van der Waals surface area contributed by atoms with Gasteiger partial charge in [-0.05, 0) is 50.8 Å². The number of fused-ring (bicyclic) bond motifs is 1. The molecule has 0 saturated heterocycles. The van der Waals surface area contributed by atoms with Gasteiger partial charge in [-0.15, -0.1) is 0 Å². The van der Waals surface area contributed by atoms with E-state index in [4.69, 9.17) is 10.7 Å². The van der Waals surface area contributed by atoms with Crippen LogP contribution in [0, 0.1) is 6.92 Å². The first kappa shape index (κ1) is 13.6. The van der Waals surface area contributed by atoms with Crippen LogP contribution in [0.15, 0.2) is 24.3 Å². The summed E-state index contributed by atoms with van der Waals surface area (Å²) >= 11 is 1.77. The van der Waals surface area contributed by atoms with E-state index < -0.39 is 0 Å². The SMILES string of the molecule is CCN(c1cccc(C)c1)c1nc2c(s1)C(N)CCC2. The number of anilines is 2. The third kappa shape index (κ3) is 2.45. The minimum absolute atomic E-state index is 0.182. The Bertz CT molecular complexity index is 606. The monoisotopic (exact) mass is 287 g/mol. The first-order chi connectivity index (χ1) is 9.69. The quantitative estimate of drug-likeness (QED) is 0.929. The fourth-order valence-electron chi connectivity index (χ4n) is 2.78. The van der Waals surface area contributed by atoms with E-state index in [0.717, 1.165) is 30.9 Å². The molecule has 0 amide bonds. The van der Waals surface area contributed by atoms with Crippen molar-refractivity contribution < 1.29 is 0 Å². The van der Waals surface area contributed by atoms with E-state index in [2.05, 4.69) is 43.0 Å². The number of benzene rings is 1. The first-order valence-corrected chi connectivity index (χ1v) is 8.10. The highest BCUT2D eigenvalue weighted by Gasteiger charge is 2.23. The Labute approximate surface area is 124 Å². The second kappa shape index (κ2) is 5.54. The van der Waals surface area contributed by atoms with E-state index in [1.54, 1.807) is 11.3 Å². The summed E-state index contributed by atoms with van der Waals surface area (Å²) in [7, 11) is 0. The predicted molar refractivity (Wildman–Crippen MR) is 85.8 cm³/mol. The summed E-state index contributed by atoms with van der Waals surface area (Å²) < 4.78 is 0. The maximum absolute atomic E-state index is 6.22. The van der Waals surface area contributed by atoms with Crippen molar-refractivity contribution in [1.29, 1.82) is 0 Å². The van der Waals surface area contributed by atoms with Gasteiger partial charge in [0, 0.05) is 23.2 Å². The minimum atomic E-state index is 0.182. The van der Waals surface area contributed by atoms with Crippen molar-refractivity contribution in [3.63, 3.8) is 0 Å². The lowest BCUT2D eigenvalue weighted by Gasteiger charge is -2.20. The van der Waals surface area contributed by atoms with Crippen molar-refractivity contribution in [2.24, 2.45) is 5.73 Å². The summed E-state index contributed by atoms with van der Waals surface area (Å²) in [6, 6.07) is 8.77. The Morgan fingerprint density at radius 3 is 3.00 bits per heavy atom. The maximum Gasteiger partial charge on any atom is 0.190 e. The van der Waals surface area contributed by atoms with Crippen LogP contribution < -0.4 is 10.6 Å². The molecule has 2 aromatic rings. The molecule has 3 rings (SSSR count). The van der Waals surface area contributed by atoms with Crippen LogP contribution in [0.25, 0.3) is 0 Å². The Hall–Kier alpha value is -1.39. The number of hydrogen-bond acceptors (Lipinski definition) is 4. The van der Waals surface area contributed by atoms with Crippen molar-refractivity contribution in [1.82, 2.24) is 4.98 Å². The van der Waals surface area contributed by atoms with E-state index in [0.29, 0.717) is 0 Å². The summed E-state index contributed by atoms with van der Waals surface area (Å²) in [5, 5.41) is 1.08. The van der Waals surface area contributed by atoms with Gasteiger partial charge in [0.15, 0.2) is 5.13 Å². The standard InChI is InChI=1S/C16H21N3S/c1-3-19(12-7-4-6-11(2)10-12)16-18-14-9-5-8-13(17)15(14)20-16/h4,6-7,10,13H,3,5,8-9,17H2,1-2H3. The summed E-state index contributed by atoms with van der Waals surface area (Å²) in [5.41, 5.74) is 9.93. The van der Waals surface area contributed by atoms with Crippen molar-refractivity contribution in [3.05, 3.63) is 40.4 Å². The van der Waals surface area contributed by atoms with E-state index in [9.17, 15) is 0 Å². The Kier molecular flexibility index (Phi) is 3.76. The lowest BCUT2D eigenvalue weighted by atomic mass is 9.99. The van der Waals surface area contributed by atoms with E-state index in [1.807, 2.05) is 0 Å². The number of aryl methyl sites for hydroxylation is 2. The summed E-state index contributed by atoms with van der Waals surface area (Å²) in [4.78, 5) is 8.41. The second-order valence-electron chi connectivity index (χ2n) is 5.39. The molecular formula is C16H21N3S. The number of nitrogens with zero attached hydrogens (tertiary/aromatic N) is 2. The van der Waals surface area contributed by atoms with Crippen LogP contribution >= 0.6 is 11.3 Å². The molecule has 0 radical (unpaired) electrons. The molecule has 0 aliphatic heterocycles. The van der Waals surface area contributed by atoms with Gasteiger partial charge < -0.3 is 10.6 Å². The highest BCUT2D eigenvalue weighted by molar-refractivity contribution is 7.15. The van der Waals surface area contributed by atoms with Gasteiger partial charge in [0.25, 0.3) is 0 Å². The van der Waals surface area contributed by atoms with Gasteiger partial charge in [-0.2, -0.15) is 0 Å². The molecule has 106 valence electrons. The van der Waals surface area contributed by atoms with Gasteiger partial charge in [0.2, 0.25) is 0 Å².